The van der Waals surface area contributed by atoms with E-state index in [2.05, 4.69) is 13.8 Å². The molecule has 0 aromatic carbocycles. The predicted octanol–water partition coefficient (Wildman–Crippen LogP) is 1.52. The van der Waals surface area contributed by atoms with Crippen LogP contribution >= 0.6 is 24.2 Å². The van der Waals surface area contributed by atoms with Crippen LogP contribution in [0, 0.1) is 5.92 Å². The lowest BCUT2D eigenvalue weighted by Crippen LogP contribution is -2.60. The Labute approximate surface area is 126 Å². The molecule has 6 heteroatoms. The standard InChI is InChI=1S/C13H24N2O2S.ClH/c1-10(2)11-9-15(5-8-18-11)12(16)13(14)3-6-17-7-4-13;/h10-11H,3-9,14H2,1-2H3;1H. The van der Waals surface area contributed by atoms with Crippen LogP contribution in [-0.4, -0.2) is 53.7 Å². The summed E-state index contributed by atoms with van der Waals surface area (Å²) in [5.74, 6) is 1.77. The van der Waals surface area contributed by atoms with Crippen molar-refractivity contribution in [3.8, 4) is 0 Å². The summed E-state index contributed by atoms with van der Waals surface area (Å²) in [4.78, 5) is 14.6. The summed E-state index contributed by atoms with van der Waals surface area (Å²) in [6.07, 6.45) is 1.31. The van der Waals surface area contributed by atoms with Crippen LogP contribution in [-0.2, 0) is 9.53 Å². The van der Waals surface area contributed by atoms with Crippen LogP contribution in [0.5, 0.6) is 0 Å². The maximum absolute atomic E-state index is 12.6. The number of amides is 1. The topological polar surface area (TPSA) is 55.6 Å². The van der Waals surface area contributed by atoms with Crippen molar-refractivity contribution in [3.63, 3.8) is 0 Å². The van der Waals surface area contributed by atoms with Gasteiger partial charge in [0.15, 0.2) is 0 Å². The van der Waals surface area contributed by atoms with Gasteiger partial charge in [0, 0.05) is 37.3 Å². The van der Waals surface area contributed by atoms with Gasteiger partial charge in [-0.3, -0.25) is 4.79 Å². The van der Waals surface area contributed by atoms with Crippen molar-refractivity contribution < 1.29 is 9.53 Å². The number of nitrogens with two attached hydrogens (primary N) is 1. The Hall–Kier alpha value is 0.0300. The Bertz CT molecular complexity index is 309. The summed E-state index contributed by atoms with van der Waals surface area (Å²) in [7, 11) is 0. The zero-order valence-corrected chi connectivity index (χ0v) is 13.4. The normalized spacial score (nSPS) is 26.9. The molecule has 0 radical (unpaired) electrons. The van der Waals surface area contributed by atoms with Crippen molar-refractivity contribution in [3.05, 3.63) is 0 Å². The minimum absolute atomic E-state index is 0. The van der Waals surface area contributed by atoms with Crippen molar-refractivity contribution >= 4 is 30.1 Å². The van der Waals surface area contributed by atoms with Crippen LogP contribution in [0.2, 0.25) is 0 Å². The van der Waals surface area contributed by atoms with Crippen LogP contribution in [0.15, 0.2) is 0 Å². The van der Waals surface area contributed by atoms with E-state index < -0.39 is 5.54 Å². The molecule has 19 heavy (non-hydrogen) atoms. The van der Waals surface area contributed by atoms with E-state index in [0.717, 1.165) is 18.8 Å². The van der Waals surface area contributed by atoms with Crippen molar-refractivity contribution in [2.24, 2.45) is 11.7 Å². The third-order valence-corrected chi connectivity index (χ3v) is 5.48. The molecule has 1 atom stereocenters. The second-order valence-corrected chi connectivity index (χ2v) is 7.02. The van der Waals surface area contributed by atoms with Crippen LogP contribution < -0.4 is 5.73 Å². The van der Waals surface area contributed by atoms with Gasteiger partial charge in [-0.05, 0) is 18.8 Å². The molecule has 2 aliphatic rings. The average Bonchev–Trinajstić information content (AvgIpc) is 2.39. The highest BCUT2D eigenvalue weighted by atomic mass is 35.5. The van der Waals surface area contributed by atoms with E-state index in [1.807, 2.05) is 16.7 Å². The number of rotatable bonds is 2. The van der Waals surface area contributed by atoms with E-state index in [1.54, 1.807) is 0 Å². The van der Waals surface area contributed by atoms with E-state index in [-0.39, 0.29) is 18.3 Å². The van der Waals surface area contributed by atoms with Gasteiger partial charge in [-0.1, -0.05) is 13.8 Å². The minimum Gasteiger partial charge on any atom is -0.381 e. The van der Waals surface area contributed by atoms with Gasteiger partial charge in [-0.25, -0.2) is 0 Å². The molecule has 2 saturated heterocycles. The van der Waals surface area contributed by atoms with E-state index >= 15 is 0 Å². The van der Waals surface area contributed by atoms with Crippen LogP contribution in [0.1, 0.15) is 26.7 Å². The molecule has 2 heterocycles. The number of nitrogens with zero attached hydrogens (tertiary/aromatic N) is 1. The average molecular weight is 309 g/mol. The minimum atomic E-state index is -0.679. The summed E-state index contributed by atoms with van der Waals surface area (Å²) in [5, 5.41) is 0.547. The molecular formula is C13H25ClN2O2S. The summed E-state index contributed by atoms with van der Waals surface area (Å²) in [6.45, 7) is 7.35. The Kier molecular flexibility index (Phi) is 6.43. The maximum Gasteiger partial charge on any atom is 0.242 e. The monoisotopic (exact) mass is 308 g/mol. The second kappa shape index (κ2) is 7.16. The van der Waals surface area contributed by atoms with Gasteiger partial charge < -0.3 is 15.4 Å². The molecule has 1 amide bonds. The number of carbonyl (C=O) groups is 1. The maximum atomic E-state index is 12.6. The third kappa shape index (κ3) is 4.00. The van der Waals surface area contributed by atoms with Gasteiger partial charge in [0.25, 0.3) is 0 Å². The molecule has 2 fully saturated rings. The third-order valence-electron chi connectivity index (χ3n) is 3.94. The lowest BCUT2D eigenvalue weighted by molar-refractivity contribution is -0.140. The van der Waals surface area contributed by atoms with Crippen LogP contribution in [0.3, 0.4) is 0 Å². The SMILES string of the molecule is CC(C)C1CN(C(=O)C2(N)CCOCC2)CCS1.Cl. The molecule has 2 N–H and O–H groups in total. The van der Waals surface area contributed by atoms with E-state index in [1.165, 1.54) is 0 Å². The zero-order valence-electron chi connectivity index (χ0n) is 11.8. The van der Waals surface area contributed by atoms with Gasteiger partial charge in [0.05, 0.1) is 5.54 Å². The zero-order chi connectivity index (χ0) is 13.2. The fourth-order valence-electron chi connectivity index (χ4n) is 2.53. The number of ether oxygens (including phenoxy) is 1. The fraction of sp³-hybridized carbons (Fsp3) is 0.923. The number of halogens is 1. The molecule has 0 aliphatic carbocycles. The Morgan fingerprint density at radius 3 is 2.63 bits per heavy atom. The lowest BCUT2D eigenvalue weighted by Gasteiger charge is -2.41. The lowest BCUT2D eigenvalue weighted by atomic mass is 9.89. The molecule has 0 saturated carbocycles. The molecule has 0 aromatic rings. The largest absolute Gasteiger partial charge is 0.381 e. The number of carbonyl (C=O) groups excluding carboxylic acids is 1. The summed E-state index contributed by atoms with van der Waals surface area (Å²) in [5.41, 5.74) is 5.60. The van der Waals surface area contributed by atoms with Crippen molar-refractivity contribution in [1.29, 1.82) is 0 Å². The number of thioether (sulfide) groups is 1. The second-order valence-electron chi connectivity index (χ2n) is 5.67. The summed E-state index contributed by atoms with van der Waals surface area (Å²) in [6, 6.07) is 0. The van der Waals surface area contributed by atoms with Crippen molar-refractivity contribution in [2.45, 2.75) is 37.5 Å². The van der Waals surface area contributed by atoms with Gasteiger partial charge in [-0.15, -0.1) is 12.4 Å². The van der Waals surface area contributed by atoms with Crippen LogP contribution in [0.4, 0.5) is 0 Å². The molecule has 112 valence electrons. The summed E-state index contributed by atoms with van der Waals surface area (Å²) < 4.78 is 5.31. The van der Waals surface area contributed by atoms with Crippen LogP contribution in [0.25, 0.3) is 0 Å². The summed E-state index contributed by atoms with van der Waals surface area (Å²) >= 11 is 1.98. The van der Waals surface area contributed by atoms with E-state index in [4.69, 9.17) is 10.5 Å². The molecule has 4 nitrogen and oxygen atoms in total. The van der Waals surface area contributed by atoms with E-state index in [9.17, 15) is 4.79 Å². The van der Waals surface area contributed by atoms with Gasteiger partial charge in [-0.2, -0.15) is 11.8 Å². The Balaban J connectivity index is 0.00000180. The van der Waals surface area contributed by atoms with Gasteiger partial charge in [0.1, 0.15) is 0 Å². The molecule has 1 unspecified atom stereocenters. The highest BCUT2D eigenvalue weighted by Gasteiger charge is 2.40. The predicted molar refractivity (Wildman–Crippen MR) is 81.9 cm³/mol. The Morgan fingerprint density at radius 1 is 1.42 bits per heavy atom. The Morgan fingerprint density at radius 2 is 2.05 bits per heavy atom. The van der Waals surface area contributed by atoms with E-state index in [0.29, 0.717) is 37.2 Å². The quantitative estimate of drug-likeness (QED) is 0.840. The number of hydrogen-bond donors (Lipinski definition) is 1. The van der Waals surface area contributed by atoms with Crippen molar-refractivity contribution in [2.75, 3.05) is 32.1 Å². The fourth-order valence-corrected chi connectivity index (χ4v) is 3.83. The molecule has 0 spiro atoms. The first-order valence-electron chi connectivity index (χ1n) is 6.80. The van der Waals surface area contributed by atoms with Gasteiger partial charge in [0.2, 0.25) is 5.91 Å². The first kappa shape index (κ1) is 17.1. The first-order chi connectivity index (χ1) is 8.53. The first-order valence-corrected chi connectivity index (χ1v) is 7.85. The van der Waals surface area contributed by atoms with Crippen molar-refractivity contribution in [1.82, 2.24) is 4.90 Å². The highest BCUT2D eigenvalue weighted by Crippen LogP contribution is 2.28. The molecular weight excluding hydrogens is 284 g/mol. The molecule has 0 bridgehead atoms. The highest BCUT2D eigenvalue weighted by molar-refractivity contribution is 8.00. The molecule has 2 rings (SSSR count). The molecule has 0 aromatic heterocycles. The van der Waals surface area contributed by atoms with Gasteiger partial charge >= 0.3 is 0 Å². The number of hydrogen-bond acceptors (Lipinski definition) is 4. The molecule has 2 aliphatic heterocycles. The smallest absolute Gasteiger partial charge is 0.242 e.